The maximum absolute atomic E-state index is 5.45. The zero-order chi connectivity index (χ0) is 12.1. The number of aromatic nitrogens is 2. The first-order valence-corrected chi connectivity index (χ1v) is 6.51. The molecule has 96 valence electrons. The average Bonchev–Trinajstić information content (AvgIpc) is 2.77. The van der Waals surface area contributed by atoms with E-state index in [4.69, 9.17) is 10.3 Å². The Morgan fingerprint density at radius 1 is 1.47 bits per heavy atom. The van der Waals surface area contributed by atoms with Gasteiger partial charge in [-0.1, -0.05) is 11.6 Å². The van der Waals surface area contributed by atoms with Gasteiger partial charge in [-0.25, -0.2) is 0 Å². The van der Waals surface area contributed by atoms with E-state index in [-0.39, 0.29) is 0 Å². The van der Waals surface area contributed by atoms with Crippen LogP contribution in [0.3, 0.4) is 0 Å². The third-order valence-electron chi connectivity index (χ3n) is 3.44. The molecule has 0 amide bonds. The van der Waals surface area contributed by atoms with Crippen LogP contribution in [-0.4, -0.2) is 41.2 Å². The van der Waals surface area contributed by atoms with Crippen LogP contribution >= 0.6 is 0 Å². The van der Waals surface area contributed by atoms with E-state index < -0.39 is 0 Å². The van der Waals surface area contributed by atoms with Crippen LogP contribution < -0.4 is 5.73 Å². The van der Waals surface area contributed by atoms with Crippen LogP contribution in [0, 0.1) is 0 Å². The van der Waals surface area contributed by atoms with Crippen molar-refractivity contribution in [2.24, 2.45) is 5.73 Å². The highest BCUT2D eigenvalue weighted by atomic mass is 16.5. The van der Waals surface area contributed by atoms with Crippen LogP contribution in [-0.2, 0) is 12.8 Å². The van der Waals surface area contributed by atoms with Crippen molar-refractivity contribution >= 4 is 0 Å². The molecule has 1 fully saturated rings. The second kappa shape index (κ2) is 6.12. The number of nitrogens with zero attached hydrogens (tertiary/aromatic N) is 3. The Bertz CT molecular complexity index is 339. The van der Waals surface area contributed by atoms with E-state index in [0.29, 0.717) is 12.6 Å². The van der Waals surface area contributed by atoms with E-state index in [1.165, 1.54) is 25.8 Å². The fraction of sp³-hybridized carbons (Fsp3) is 0.833. The highest BCUT2D eigenvalue weighted by Crippen LogP contribution is 2.18. The van der Waals surface area contributed by atoms with E-state index in [2.05, 4.69) is 22.1 Å². The fourth-order valence-electron chi connectivity index (χ4n) is 2.34. The minimum absolute atomic E-state index is 0.573. The molecule has 1 aromatic heterocycles. The summed E-state index contributed by atoms with van der Waals surface area (Å²) < 4.78 is 5.21. The van der Waals surface area contributed by atoms with Gasteiger partial charge in [-0.15, -0.1) is 0 Å². The maximum atomic E-state index is 5.45. The van der Waals surface area contributed by atoms with Crippen molar-refractivity contribution in [3.8, 4) is 0 Å². The minimum atomic E-state index is 0.573. The molecule has 5 nitrogen and oxygen atoms in total. The van der Waals surface area contributed by atoms with Crippen molar-refractivity contribution in [1.29, 1.82) is 0 Å². The number of hydrogen-bond donors (Lipinski definition) is 1. The standard InChI is InChI=1S/C12H22N4O/c1-16-8-3-2-5-10(16)9-11-14-12(17-15-11)6-4-7-13/h10H,2-9,13H2,1H3. The molecule has 0 bridgehead atoms. The molecule has 1 aliphatic rings. The first-order valence-electron chi connectivity index (χ1n) is 6.51. The van der Waals surface area contributed by atoms with Gasteiger partial charge in [0.05, 0.1) is 0 Å². The maximum Gasteiger partial charge on any atom is 0.226 e. The summed E-state index contributed by atoms with van der Waals surface area (Å²) in [7, 11) is 2.18. The van der Waals surface area contributed by atoms with Crippen LogP contribution in [0.1, 0.15) is 37.4 Å². The summed E-state index contributed by atoms with van der Waals surface area (Å²) >= 11 is 0. The third kappa shape index (κ3) is 3.51. The van der Waals surface area contributed by atoms with Gasteiger partial charge >= 0.3 is 0 Å². The Morgan fingerprint density at radius 2 is 2.35 bits per heavy atom. The summed E-state index contributed by atoms with van der Waals surface area (Å²) in [6, 6.07) is 0.573. The van der Waals surface area contributed by atoms with E-state index >= 15 is 0 Å². The molecule has 17 heavy (non-hydrogen) atoms. The lowest BCUT2D eigenvalue weighted by Crippen LogP contribution is -2.37. The molecule has 2 rings (SSSR count). The summed E-state index contributed by atoms with van der Waals surface area (Å²) in [4.78, 5) is 6.82. The predicted molar refractivity (Wildman–Crippen MR) is 65.6 cm³/mol. The Labute approximate surface area is 102 Å². The Kier molecular flexibility index (Phi) is 4.50. The molecule has 0 aliphatic carbocycles. The number of likely N-dealkylation sites (tertiary alicyclic amines) is 1. The predicted octanol–water partition coefficient (Wildman–Crippen LogP) is 0.988. The molecule has 1 aromatic rings. The van der Waals surface area contributed by atoms with Crippen molar-refractivity contribution in [3.63, 3.8) is 0 Å². The van der Waals surface area contributed by atoms with Gasteiger partial charge in [0.2, 0.25) is 5.89 Å². The number of likely N-dealkylation sites (N-methyl/N-ethyl adjacent to an activating group) is 1. The Hall–Kier alpha value is -0.940. The largest absolute Gasteiger partial charge is 0.339 e. The lowest BCUT2D eigenvalue weighted by Gasteiger charge is -2.31. The lowest BCUT2D eigenvalue weighted by molar-refractivity contribution is 0.181. The summed E-state index contributed by atoms with van der Waals surface area (Å²) in [6.45, 7) is 1.85. The lowest BCUT2D eigenvalue weighted by atomic mass is 10.00. The molecule has 1 unspecified atom stereocenters. The number of rotatable bonds is 5. The smallest absolute Gasteiger partial charge is 0.226 e. The molecule has 1 saturated heterocycles. The van der Waals surface area contributed by atoms with Gasteiger partial charge in [-0.2, -0.15) is 4.98 Å². The summed E-state index contributed by atoms with van der Waals surface area (Å²) in [5, 5.41) is 4.04. The monoisotopic (exact) mass is 238 g/mol. The number of hydrogen-bond acceptors (Lipinski definition) is 5. The van der Waals surface area contributed by atoms with Crippen molar-refractivity contribution in [1.82, 2.24) is 15.0 Å². The fourth-order valence-corrected chi connectivity index (χ4v) is 2.34. The van der Waals surface area contributed by atoms with Gasteiger partial charge < -0.3 is 15.2 Å². The zero-order valence-corrected chi connectivity index (χ0v) is 10.6. The molecule has 0 aromatic carbocycles. The number of nitrogens with two attached hydrogens (primary N) is 1. The van der Waals surface area contributed by atoms with Crippen LogP contribution in [0.5, 0.6) is 0 Å². The second-order valence-corrected chi connectivity index (χ2v) is 4.83. The molecule has 2 heterocycles. The van der Waals surface area contributed by atoms with E-state index in [9.17, 15) is 0 Å². The van der Waals surface area contributed by atoms with E-state index in [1.54, 1.807) is 0 Å². The summed E-state index contributed by atoms with van der Waals surface area (Å²) in [5.74, 6) is 1.57. The van der Waals surface area contributed by atoms with Crippen LogP contribution in [0.4, 0.5) is 0 Å². The normalized spacial score (nSPS) is 21.9. The van der Waals surface area contributed by atoms with E-state index in [0.717, 1.165) is 31.0 Å². The van der Waals surface area contributed by atoms with Crippen LogP contribution in [0.15, 0.2) is 4.52 Å². The van der Waals surface area contributed by atoms with Crippen LogP contribution in [0.2, 0.25) is 0 Å². The molecular formula is C12H22N4O. The first-order chi connectivity index (χ1) is 8.29. The molecule has 0 spiro atoms. The van der Waals surface area contributed by atoms with Crippen molar-refractivity contribution in [3.05, 3.63) is 11.7 Å². The molecule has 0 radical (unpaired) electrons. The van der Waals surface area contributed by atoms with Gasteiger partial charge in [0.25, 0.3) is 0 Å². The Balaban J connectivity index is 1.87. The van der Waals surface area contributed by atoms with Gasteiger partial charge in [0.1, 0.15) is 0 Å². The zero-order valence-electron chi connectivity index (χ0n) is 10.6. The number of aryl methyl sites for hydroxylation is 1. The molecule has 1 atom stereocenters. The second-order valence-electron chi connectivity index (χ2n) is 4.83. The van der Waals surface area contributed by atoms with Crippen molar-refractivity contribution < 1.29 is 4.52 Å². The quantitative estimate of drug-likeness (QED) is 0.828. The van der Waals surface area contributed by atoms with Crippen molar-refractivity contribution in [2.75, 3.05) is 20.1 Å². The third-order valence-corrected chi connectivity index (χ3v) is 3.44. The molecular weight excluding hydrogens is 216 g/mol. The van der Waals surface area contributed by atoms with Crippen LogP contribution in [0.25, 0.3) is 0 Å². The Morgan fingerprint density at radius 3 is 3.12 bits per heavy atom. The minimum Gasteiger partial charge on any atom is -0.339 e. The summed E-state index contributed by atoms with van der Waals surface area (Å²) in [5.41, 5.74) is 5.45. The molecule has 1 aliphatic heterocycles. The topological polar surface area (TPSA) is 68.2 Å². The average molecular weight is 238 g/mol. The highest BCUT2D eigenvalue weighted by Gasteiger charge is 2.21. The van der Waals surface area contributed by atoms with Gasteiger partial charge in [0.15, 0.2) is 5.82 Å². The molecule has 5 heteroatoms. The first kappa shape index (κ1) is 12.5. The highest BCUT2D eigenvalue weighted by molar-refractivity contribution is 4.92. The van der Waals surface area contributed by atoms with Gasteiger partial charge in [-0.3, -0.25) is 0 Å². The van der Waals surface area contributed by atoms with Gasteiger partial charge in [0, 0.05) is 18.9 Å². The SMILES string of the molecule is CN1CCCCC1Cc1noc(CCCN)n1. The molecule has 2 N–H and O–H groups in total. The molecule has 0 saturated carbocycles. The number of piperidine rings is 1. The van der Waals surface area contributed by atoms with Crippen molar-refractivity contribution in [2.45, 2.75) is 44.6 Å². The van der Waals surface area contributed by atoms with Gasteiger partial charge in [-0.05, 0) is 39.4 Å². The van der Waals surface area contributed by atoms with E-state index in [1.807, 2.05) is 0 Å². The summed E-state index contributed by atoms with van der Waals surface area (Å²) in [6.07, 6.45) is 6.47.